The predicted molar refractivity (Wildman–Crippen MR) is 64.0 cm³/mol. The van der Waals surface area contributed by atoms with E-state index in [4.69, 9.17) is 5.73 Å². The lowest BCUT2D eigenvalue weighted by Crippen LogP contribution is -2.00. The molecule has 1 aromatic heterocycles. The standard InChI is InChI=1S/C10H12BrN3O/c11-7-4-6(2-1-3-12)5-8-9(7)14-10(15)13-8/h4-5H,1-3,12H2,(H2,13,14,15). The normalized spacial score (nSPS) is 11.1. The molecule has 0 atom stereocenters. The van der Waals surface area contributed by atoms with Gasteiger partial charge in [-0.15, -0.1) is 0 Å². The SMILES string of the molecule is NCCCc1cc(Br)c2[nH]c(=O)[nH]c2c1. The van der Waals surface area contributed by atoms with Gasteiger partial charge in [-0.2, -0.15) is 0 Å². The maximum atomic E-state index is 11.1. The van der Waals surface area contributed by atoms with Gasteiger partial charge in [0.2, 0.25) is 0 Å². The van der Waals surface area contributed by atoms with Gasteiger partial charge in [0.1, 0.15) is 0 Å². The van der Waals surface area contributed by atoms with Crippen LogP contribution in [0.15, 0.2) is 21.4 Å². The summed E-state index contributed by atoms with van der Waals surface area (Å²) in [6, 6.07) is 4.00. The summed E-state index contributed by atoms with van der Waals surface area (Å²) in [7, 11) is 0. The molecule has 0 aliphatic carbocycles. The maximum Gasteiger partial charge on any atom is 0.323 e. The highest BCUT2D eigenvalue weighted by atomic mass is 79.9. The first-order valence-corrected chi connectivity index (χ1v) is 5.60. The van der Waals surface area contributed by atoms with Crippen molar-refractivity contribution in [1.29, 1.82) is 0 Å². The van der Waals surface area contributed by atoms with Crippen LogP contribution in [0.3, 0.4) is 0 Å². The first-order chi connectivity index (χ1) is 7.20. The van der Waals surface area contributed by atoms with Crippen LogP contribution in [-0.2, 0) is 6.42 Å². The highest BCUT2D eigenvalue weighted by Gasteiger charge is 2.04. The molecule has 80 valence electrons. The van der Waals surface area contributed by atoms with Gasteiger partial charge in [0.05, 0.1) is 11.0 Å². The zero-order valence-corrected chi connectivity index (χ0v) is 9.73. The van der Waals surface area contributed by atoms with Crippen LogP contribution in [0.1, 0.15) is 12.0 Å². The molecule has 2 rings (SSSR count). The van der Waals surface area contributed by atoms with Gasteiger partial charge in [0.25, 0.3) is 0 Å². The van der Waals surface area contributed by atoms with Crippen LogP contribution in [0.5, 0.6) is 0 Å². The molecule has 1 aromatic carbocycles. The molecule has 0 spiro atoms. The van der Waals surface area contributed by atoms with Gasteiger partial charge < -0.3 is 15.7 Å². The lowest BCUT2D eigenvalue weighted by Gasteiger charge is -2.01. The van der Waals surface area contributed by atoms with E-state index in [9.17, 15) is 4.79 Å². The van der Waals surface area contributed by atoms with Crippen molar-refractivity contribution in [3.8, 4) is 0 Å². The van der Waals surface area contributed by atoms with Crippen molar-refractivity contribution in [2.24, 2.45) is 5.73 Å². The van der Waals surface area contributed by atoms with Crippen molar-refractivity contribution < 1.29 is 0 Å². The van der Waals surface area contributed by atoms with Crippen LogP contribution in [0.2, 0.25) is 0 Å². The smallest absolute Gasteiger partial charge is 0.323 e. The first-order valence-electron chi connectivity index (χ1n) is 4.81. The van der Waals surface area contributed by atoms with E-state index in [1.165, 1.54) is 5.56 Å². The van der Waals surface area contributed by atoms with E-state index < -0.39 is 0 Å². The van der Waals surface area contributed by atoms with E-state index in [1.54, 1.807) is 0 Å². The van der Waals surface area contributed by atoms with Crippen molar-refractivity contribution in [2.75, 3.05) is 6.54 Å². The highest BCUT2D eigenvalue weighted by Crippen LogP contribution is 2.22. The van der Waals surface area contributed by atoms with Crippen molar-refractivity contribution in [3.63, 3.8) is 0 Å². The van der Waals surface area contributed by atoms with Crippen LogP contribution in [0, 0.1) is 0 Å². The molecule has 4 N–H and O–H groups in total. The molecule has 2 aromatic rings. The van der Waals surface area contributed by atoms with Crippen molar-refractivity contribution in [1.82, 2.24) is 9.97 Å². The second kappa shape index (κ2) is 4.20. The van der Waals surface area contributed by atoms with Gasteiger partial charge in [0, 0.05) is 4.47 Å². The topological polar surface area (TPSA) is 74.7 Å². The summed E-state index contributed by atoms with van der Waals surface area (Å²) in [5, 5.41) is 0. The molecule has 0 amide bonds. The molecular formula is C10H12BrN3O. The van der Waals surface area contributed by atoms with E-state index in [2.05, 4.69) is 25.9 Å². The van der Waals surface area contributed by atoms with E-state index in [1.807, 2.05) is 12.1 Å². The third-order valence-corrected chi connectivity index (χ3v) is 2.93. The fourth-order valence-electron chi connectivity index (χ4n) is 1.61. The Morgan fingerprint density at radius 3 is 2.87 bits per heavy atom. The molecule has 0 unspecified atom stereocenters. The molecule has 0 radical (unpaired) electrons. The first kappa shape index (κ1) is 10.4. The van der Waals surface area contributed by atoms with E-state index in [-0.39, 0.29) is 5.69 Å². The lowest BCUT2D eigenvalue weighted by molar-refractivity contribution is 0.833. The third kappa shape index (κ3) is 2.13. The number of imidazole rings is 1. The number of aromatic nitrogens is 2. The molecule has 1 heterocycles. The van der Waals surface area contributed by atoms with Gasteiger partial charge in [-0.3, -0.25) is 0 Å². The van der Waals surface area contributed by atoms with Crippen LogP contribution < -0.4 is 11.4 Å². The average molecular weight is 270 g/mol. The molecule has 5 heteroatoms. The molecule has 0 saturated heterocycles. The Morgan fingerprint density at radius 2 is 2.13 bits per heavy atom. The van der Waals surface area contributed by atoms with Gasteiger partial charge in [-0.1, -0.05) is 0 Å². The van der Waals surface area contributed by atoms with E-state index >= 15 is 0 Å². The lowest BCUT2D eigenvalue weighted by atomic mass is 10.1. The molecule has 4 nitrogen and oxygen atoms in total. The third-order valence-electron chi connectivity index (χ3n) is 2.31. The predicted octanol–water partition coefficient (Wildman–Crippen LogP) is 1.51. The number of fused-ring (bicyclic) bond motifs is 1. The summed E-state index contributed by atoms with van der Waals surface area (Å²) < 4.78 is 0.908. The Balaban J connectivity index is 2.47. The second-order valence-corrected chi connectivity index (χ2v) is 4.33. The molecule has 15 heavy (non-hydrogen) atoms. The summed E-state index contributed by atoms with van der Waals surface area (Å²) in [5.41, 5.74) is 8.10. The van der Waals surface area contributed by atoms with E-state index in [0.717, 1.165) is 28.3 Å². The Kier molecular flexibility index (Phi) is 2.93. The number of hydrogen-bond donors (Lipinski definition) is 3. The number of benzene rings is 1. The maximum absolute atomic E-state index is 11.1. The zero-order valence-electron chi connectivity index (χ0n) is 8.14. The molecular weight excluding hydrogens is 258 g/mol. The van der Waals surface area contributed by atoms with Gasteiger partial charge in [0.15, 0.2) is 0 Å². The Labute approximate surface area is 95.0 Å². The van der Waals surface area contributed by atoms with Crippen LogP contribution in [-0.4, -0.2) is 16.5 Å². The van der Waals surface area contributed by atoms with Crippen LogP contribution >= 0.6 is 15.9 Å². The number of hydrogen-bond acceptors (Lipinski definition) is 2. The highest BCUT2D eigenvalue weighted by molar-refractivity contribution is 9.10. The summed E-state index contributed by atoms with van der Waals surface area (Å²) >= 11 is 3.43. The summed E-state index contributed by atoms with van der Waals surface area (Å²) in [6.45, 7) is 0.680. The average Bonchev–Trinajstić information content (AvgIpc) is 2.56. The van der Waals surface area contributed by atoms with E-state index in [0.29, 0.717) is 6.54 Å². The van der Waals surface area contributed by atoms with Gasteiger partial charge >= 0.3 is 5.69 Å². The summed E-state index contributed by atoms with van der Waals surface area (Å²) in [5.74, 6) is 0. The van der Waals surface area contributed by atoms with Crippen molar-refractivity contribution in [3.05, 3.63) is 32.7 Å². The largest absolute Gasteiger partial charge is 0.330 e. The van der Waals surface area contributed by atoms with Crippen molar-refractivity contribution >= 4 is 27.0 Å². The Morgan fingerprint density at radius 1 is 1.33 bits per heavy atom. The van der Waals surface area contributed by atoms with Gasteiger partial charge in [-0.05, 0) is 53.0 Å². The number of nitrogens with two attached hydrogens (primary N) is 1. The number of aromatic amines is 2. The molecule has 0 aliphatic heterocycles. The fraction of sp³-hybridized carbons (Fsp3) is 0.300. The molecule has 0 fully saturated rings. The van der Waals surface area contributed by atoms with Gasteiger partial charge in [-0.25, -0.2) is 4.79 Å². The molecule has 0 saturated carbocycles. The Hall–Kier alpha value is -1.07. The second-order valence-electron chi connectivity index (χ2n) is 3.47. The van der Waals surface area contributed by atoms with Crippen LogP contribution in [0.25, 0.3) is 11.0 Å². The minimum absolute atomic E-state index is 0.179. The Bertz CT molecular complexity index is 529. The quantitative estimate of drug-likeness (QED) is 0.790. The fourth-order valence-corrected chi connectivity index (χ4v) is 2.21. The zero-order chi connectivity index (χ0) is 10.8. The summed E-state index contributed by atoms with van der Waals surface area (Å²) in [4.78, 5) is 16.6. The minimum Gasteiger partial charge on any atom is -0.330 e. The van der Waals surface area contributed by atoms with Crippen molar-refractivity contribution in [2.45, 2.75) is 12.8 Å². The summed E-state index contributed by atoms with van der Waals surface area (Å²) in [6.07, 6.45) is 1.88. The van der Waals surface area contributed by atoms with Crippen LogP contribution in [0.4, 0.5) is 0 Å². The number of aryl methyl sites for hydroxylation is 1. The molecule has 0 bridgehead atoms. The minimum atomic E-state index is -0.179. The number of halogens is 1. The monoisotopic (exact) mass is 269 g/mol. The number of rotatable bonds is 3. The molecule has 0 aliphatic rings. The number of H-pyrrole nitrogens is 2. The number of nitrogens with one attached hydrogen (secondary N) is 2.